The molecule has 1 saturated heterocycles. The molecule has 0 aliphatic carbocycles. The highest BCUT2D eigenvalue weighted by molar-refractivity contribution is 5.97. The Kier molecular flexibility index (Phi) is 5.38. The molecular weight excluding hydrogens is 264 g/mol. The molecule has 1 aliphatic rings. The SMILES string of the molecule is Cc1ccc(C#CCO)c(C(=O)NC2CCN(C)CC2)c1. The molecule has 2 rings (SSSR count). The van der Waals surface area contributed by atoms with Crippen molar-refractivity contribution in [3.63, 3.8) is 0 Å². The minimum Gasteiger partial charge on any atom is -0.384 e. The minimum absolute atomic E-state index is 0.0736. The number of aliphatic hydroxyl groups is 1. The number of carbonyl (C=O) groups excluding carboxylic acids is 1. The highest BCUT2D eigenvalue weighted by Crippen LogP contribution is 2.13. The van der Waals surface area contributed by atoms with E-state index in [1.807, 2.05) is 25.1 Å². The first-order valence-corrected chi connectivity index (χ1v) is 7.30. The molecule has 0 aromatic heterocycles. The molecule has 21 heavy (non-hydrogen) atoms. The Balaban J connectivity index is 2.12. The second kappa shape index (κ2) is 7.26. The van der Waals surface area contributed by atoms with Crippen LogP contribution in [0.3, 0.4) is 0 Å². The summed E-state index contributed by atoms with van der Waals surface area (Å²) in [5.74, 6) is 5.38. The van der Waals surface area contributed by atoms with Gasteiger partial charge in [0.05, 0.1) is 5.56 Å². The van der Waals surface area contributed by atoms with Gasteiger partial charge >= 0.3 is 0 Å². The number of aryl methyl sites for hydroxylation is 1. The van der Waals surface area contributed by atoms with E-state index in [9.17, 15) is 4.79 Å². The predicted octanol–water partition coefficient (Wildman–Crippen LogP) is 1.16. The molecule has 0 spiro atoms. The van der Waals surface area contributed by atoms with Crippen molar-refractivity contribution in [2.24, 2.45) is 0 Å². The second-order valence-corrected chi connectivity index (χ2v) is 5.56. The molecule has 1 aromatic carbocycles. The van der Waals surface area contributed by atoms with E-state index in [1.54, 1.807) is 0 Å². The molecule has 0 radical (unpaired) electrons. The zero-order chi connectivity index (χ0) is 15.2. The van der Waals surface area contributed by atoms with Gasteiger partial charge in [-0.3, -0.25) is 4.79 Å². The third kappa shape index (κ3) is 4.32. The molecular formula is C17H22N2O2. The monoisotopic (exact) mass is 286 g/mol. The molecule has 4 nitrogen and oxygen atoms in total. The Hall–Kier alpha value is -1.83. The molecule has 0 bridgehead atoms. The molecule has 1 aliphatic heterocycles. The van der Waals surface area contributed by atoms with Gasteiger partial charge in [0.1, 0.15) is 6.61 Å². The molecule has 0 atom stereocenters. The Morgan fingerprint density at radius 3 is 2.81 bits per heavy atom. The second-order valence-electron chi connectivity index (χ2n) is 5.56. The zero-order valence-corrected chi connectivity index (χ0v) is 12.6. The number of likely N-dealkylation sites (tertiary alicyclic amines) is 1. The van der Waals surface area contributed by atoms with E-state index >= 15 is 0 Å². The number of piperidine rings is 1. The first-order valence-electron chi connectivity index (χ1n) is 7.30. The molecule has 2 N–H and O–H groups in total. The summed E-state index contributed by atoms with van der Waals surface area (Å²) in [4.78, 5) is 14.7. The van der Waals surface area contributed by atoms with E-state index in [-0.39, 0.29) is 18.6 Å². The number of amides is 1. The fourth-order valence-corrected chi connectivity index (χ4v) is 2.51. The van der Waals surface area contributed by atoms with E-state index in [1.165, 1.54) is 0 Å². The first-order chi connectivity index (χ1) is 10.1. The number of benzene rings is 1. The van der Waals surface area contributed by atoms with Crippen molar-refractivity contribution < 1.29 is 9.90 Å². The van der Waals surface area contributed by atoms with Crippen molar-refractivity contribution in [1.29, 1.82) is 0 Å². The lowest BCUT2D eigenvalue weighted by molar-refractivity contribution is 0.0916. The lowest BCUT2D eigenvalue weighted by atomic mass is 10.0. The van der Waals surface area contributed by atoms with Gasteiger partial charge in [-0.2, -0.15) is 0 Å². The molecule has 1 amide bonds. The maximum Gasteiger partial charge on any atom is 0.252 e. The van der Waals surface area contributed by atoms with E-state index in [0.717, 1.165) is 31.5 Å². The smallest absolute Gasteiger partial charge is 0.252 e. The number of carbonyl (C=O) groups is 1. The summed E-state index contributed by atoms with van der Waals surface area (Å²) in [6.07, 6.45) is 1.96. The maximum atomic E-state index is 12.5. The Morgan fingerprint density at radius 2 is 2.14 bits per heavy atom. The quantitative estimate of drug-likeness (QED) is 0.802. The van der Waals surface area contributed by atoms with Gasteiger partial charge < -0.3 is 15.3 Å². The number of hydrogen-bond donors (Lipinski definition) is 2. The average Bonchev–Trinajstić information content (AvgIpc) is 2.48. The Labute approximate surface area is 126 Å². The fraction of sp³-hybridized carbons (Fsp3) is 0.471. The fourth-order valence-electron chi connectivity index (χ4n) is 2.51. The summed E-state index contributed by atoms with van der Waals surface area (Å²) < 4.78 is 0. The van der Waals surface area contributed by atoms with Gasteiger partial charge in [0, 0.05) is 11.6 Å². The van der Waals surface area contributed by atoms with Crippen LogP contribution in [-0.4, -0.2) is 48.7 Å². The van der Waals surface area contributed by atoms with Crippen LogP contribution in [-0.2, 0) is 0 Å². The Morgan fingerprint density at radius 1 is 1.43 bits per heavy atom. The minimum atomic E-state index is -0.204. The maximum absolute atomic E-state index is 12.5. The third-order valence-electron chi connectivity index (χ3n) is 3.78. The molecule has 0 saturated carbocycles. The van der Waals surface area contributed by atoms with Crippen LogP contribution in [0.25, 0.3) is 0 Å². The largest absolute Gasteiger partial charge is 0.384 e. The highest BCUT2D eigenvalue weighted by atomic mass is 16.2. The molecule has 112 valence electrons. The van der Waals surface area contributed by atoms with Crippen LogP contribution in [0.4, 0.5) is 0 Å². The summed E-state index contributed by atoms with van der Waals surface area (Å²) in [6.45, 7) is 3.77. The van der Waals surface area contributed by atoms with Gasteiger partial charge in [-0.05, 0) is 52.0 Å². The van der Waals surface area contributed by atoms with Crippen LogP contribution in [0, 0.1) is 18.8 Å². The molecule has 1 aromatic rings. The summed E-state index contributed by atoms with van der Waals surface area (Å²) in [5.41, 5.74) is 2.29. The lowest BCUT2D eigenvalue weighted by Crippen LogP contribution is -2.43. The summed E-state index contributed by atoms with van der Waals surface area (Å²) in [6, 6.07) is 5.84. The van der Waals surface area contributed by atoms with Crippen molar-refractivity contribution in [1.82, 2.24) is 10.2 Å². The third-order valence-corrected chi connectivity index (χ3v) is 3.78. The topological polar surface area (TPSA) is 52.6 Å². The van der Waals surface area contributed by atoms with Gasteiger partial charge in [-0.15, -0.1) is 0 Å². The standard InChI is InChI=1S/C17H22N2O2/c1-13-5-6-14(4-3-11-20)16(12-13)17(21)18-15-7-9-19(2)10-8-15/h5-6,12,15,20H,7-11H2,1-2H3,(H,18,21). The van der Waals surface area contributed by atoms with Crippen molar-refractivity contribution in [3.05, 3.63) is 34.9 Å². The number of hydrogen-bond acceptors (Lipinski definition) is 3. The van der Waals surface area contributed by atoms with Gasteiger partial charge in [0.2, 0.25) is 0 Å². The predicted molar refractivity (Wildman–Crippen MR) is 83.1 cm³/mol. The summed E-state index contributed by atoms with van der Waals surface area (Å²) >= 11 is 0. The first kappa shape index (κ1) is 15.6. The molecule has 4 heteroatoms. The van der Waals surface area contributed by atoms with E-state index in [0.29, 0.717) is 11.1 Å². The van der Waals surface area contributed by atoms with Crippen molar-refractivity contribution in [2.75, 3.05) is 26.7 Å². The van der Waals surface area contributed by atoms with E-state index in [2.05, 4.69) is 29.1 Å². The summed E-state index contributed by atoms with van der Waals surface area (Å²) in [7, 11) is 2.10. The highest BCUT2D eigenvalue weighted by Gasteiger charge is 2.20. The molecule has 0 unspecified atom stereocenters. The van der Waals surface area contributed by atoms with E-state index in [4.69, 9.17) is 5.11 Å². The van der Waals surface area contributed by atoms with Crippen molar-refractivity contribution in [3.8, 4) is 11.8 Å². The lowest BCUT2D eigenvalue weighted by Gasteiger charge is -2.29. The van der Waals surface area contributed by atoms with Crippen LogP contribution in [0.15, 0.2) is 18.2 Å². The van der Waals surface area contributed by atoms with Gasteiger partial charge in [-0.25, -0.2) is 0 Å². The normalized spacial score (nSPS) is 16.1. The van der Waals surface area contributed by atoms with E-state index < -0.39 is 0 Å². The van der Waals surface area contributed by atoms with Crippen LogP contribution >= 0.6 is 0 Å². The van der Waals surface area contributed by atoms with Crippen molar-refractivity contribution >= 4 is 5.91 Å². The molecule has 1 fully saturated rings. The number of aliphatic hydroxyl groups excluding tert-OH is 1. The Bertz CT molecular complexity index is 564. The zero-order valence-electron chi connectivity index (χ0n) is 12.6. The van der Waals surface area contributed by atoms with Crippen molar-refractivity contribution in [2.45, 2.75) is 25.8 Å². The van der Waals surface area contributed by atoms with Gasteiger partial charge in [0.15, 0.2) is 0 Å². The van der Waals surface area contributed by atoms with Crippen LogP contribution in [0.5, 0.6) is 0 Å². The average molecular weight is 286 g/mol. The number of nitrogens with zero attached hydrogens (tertiary/aromatic N) is 1. The molecule has 1 heterocycles. The van der Waals surface area contributed by atoms with Crippen LogP contribution in [0.1, 0.15) is 34.3 Å². The van der Waals surface area contributed by atoms with Gasteiger partial charge in [-0.1, -0.05) is 23.5 Å². The number of nitrogens with one attached hydrogen (secondary N) is 1. The summed E-state index contributed by atoms with van der Waals surface area (Å²) in [5, 5.41) is 11.9. The van der Waals surface area contributed by atoms with Gasteiger partial charge in [0.25, 0.3) is 5.91 Å². The van der Waals surface area contributed by atoms with Crippen LogP contribution in [0.2, 0.25) is 0 Å². The number of rotatable bonds is 2. The van der Waals surface area contributed by atoms with Crippen LogP contribution < -0.4 is 5.32 Å².